The Balaban J connectivity index is 1.50. The molecule has 4 nitrogen and oxygen atoms in total. The van der Waals surface area contributed by atoms with Gasteiger partial charge in [-0.3, -0.25) is 0 Å². The highest BCUT2D eigenvalue weighted by atomic mass is 16.5. The predicted octanol–water partition coefficient (Wildman–Crippen LogP) is 3.92. The standard InChI is InChI=1S/C20H26N2O2/c1-2-13-24-20-9-3-17(4-10-20)16-21-18-5-7-19(8-6-18)22-11-14-23-15-12-22/h3-10,21H,2,11-16H2,1H3. The highest BCUT2D eigenvalue weighted by molar-refractivity contribution is 5.55. The Morgan fingerprint density at radius 1 is 1.00 bits per heavy atom. The maximum atomic E-state index is 5.61. The lowest BCUT2D eigenvalue weighted by atomic mass is 10.2. The van der Waals surface area contributed by atoms with Gasteiger partial charge in [-0.2, -0.15) is 0 Å². The molecule has 0 saturated carbocycles. The summed E-state index contributed by atoms with van der Waals surface area (Å²) in [6.07, 6.45) is 1.03. The molecule has 2 aromatic carbocycles. The lowest BCUT2D eigenvalue weighted by Crippen LogP contribution is -2.36. The monoisotopic (exact) mass is 326 g/mol. The quantitative estimate of drug-likeness (QED) is 0.836. The fraction of sp³-hybridized carbons (Fsp3) is 0.400. The van der Waals surface area contributed by atoms with E-state index in [1.165, 1.54) is 11.3 Å². The Bertz CT molecular complexity index is 605. The third-order valence-corrected chi connectivity index (χ3v) is 4.14. The molecule has 0 radical (unpaired) electrons. The number of benzene rings is 2. The molecule has 0 bridgehead atoms. The second-order valence-corrected chi connectivity index (χ2v) is 5.99. The van der Waals surface area contributed by atoms with E-state index in [9.17, 15) is 0 Å². The van der Waals surface area contributed by atoms with Crippen molar-refractivity contribution in [3.63, 3.8) is 0 Å². The van der Waals surface area contributed by atoms with E-state index in [0.717, 1.165) is 57.3 Å². The van der Waals surface area contributed by atoms with Crippen LogP contribution < -0.4 is 15.0 Å². The van der Waals surface area contributed by atoms with Gasteiger partial charge in [-0.25, -0.2) is 0 Å². The van der Waals surface area contributed by atoms with Crippen molar-refractivity contribution in [3.05, 3.63) is 54.1 Å². The largest absolute Gasteiger partial charge is 0.494 e. The number of anilines is 2. The summed E-state index contributed by atoms with van der Waals surface area (Å²) in [6, 6.07) is 16.9. The maximum absolute atomic E-state index is 5.61. The van der Waals surface area contributed by atoms with Crippen molar-refractivity contribution in [2.45, 2.75) is 19.9 Å². The van der Waals surface area contributed by atoms with Crippen LogP contribution in [-0.2, 0) is 11.3 Å². The summed E-state index contributed by atoms with van der Waals surface area (Å²) in [5, 5.41) is 3.47. The maximum Gasteiger partial charge on any atom is 0.119 e. The van der Waals surface area contributed by atoms with Gasteiger partial charge in [0.05, 0.1) is 19.8 Å². The first kappa shape index (κ1) is 16.7. The molecule has 24 heavy (non-hydrogen) atoms. The average molecular weight is 326 g/mol. The second kappa shape index (κ2) is 8.60. The Morgan fingerprint density at radius 3 is 2.38 bits per heavy atom. The lowest BCUT2D eigenvalue weighted by molar-refractivity contribution is 0.122. The van der Waals surface area contributed by atoms with Crippen molar-refractivity contribution in [2.75, 3.05) is 43.1 Å². The van der Waals surface area contributed by atoms with Gasteiger partial charge in [0, 0.05) is 31.0 Å². The van der Waals surface area contributed by atoms with Gasteiger partial charge in [0.2, 0.25) is 0 Å². The molecule has 1 saturated heterocycles. The van der Waals surface area contributed by atoms with Gasteiger partial charge in [-0.1, -0.05) is 19.1 Å². The van der Waals surface area contributed by atoms with Crippen LogP contribution in [0, 0.1) is 0 Å². The molecule has 0 aromatic heterocycles. The van der Waals surface area contributed by atoms with E-state index in [1.807, 2.05) is 12.1 Å². The van der Waals surface area contributed by atoms with Crippen molar-refractivity contribution in [2.24, 2.45) is 0 Å². The minimum atomic E-state index is 0.771. The third kappa shape index (κ3) is 4.65. The molecule has 1 fully saturated rings. The van der Waals surface area contributed by atoms with Gasteiger partial charge in [-0.15, -0.1) is 0 Å². The predicted molar refractivity (Wildman–Crippen MR) is 99.0 cm³/mol. The van der Waals surface area contributed by atoms with Gasteiger partial charge in [-0.05, 0) is 48.4 Å². The molecule has 0 atom stereocenters. The number of nitrogens with one attached hydrogen (secondary N) is 1. The summed E-state index contributed by atoms with van der Waals surface area (Å²) < 4.78 is 11.0. The summed E-state index contributed by atoms with van der Waals surface area (Å²) in [5.41, 5.74) is 3.65. The van der Waals surface area contributed by atoms with Crippen LogP contribution in [0.4, 0.5) is 11.4 Å². The van der Waals surface area contributed by atoms with Crippen LogP contribution in [0.5, 0.6) is 5.75 Å². The van der Waals surface area contributed by atoms with Gasteiger partial charge in [0.1, 0.15) is 5.75 Å². The number of ether oxygens (including phenoxy) is 2. The third-order valence-electron chi connectivity index (χ3n) is 4.14. The number of hydrogen-bond acceptors (Lipinski definition) is 4. The smallest absolute Gasteiger partial charge is 0.119 e. The highest BCUT2D eigenvalue weighted by Gasteiger charge is 2.10. The van der Waals surface area contributed by atoms with Gasteiger partial charge >= 0.3 is 0 Å². The lowest BCUT2D eigenvalue weighted by Gasteiger charge is -2.28. The number of morpholine rings is 1. The highest BCUT2D eigenvalue weighted by Crippen LogP contribution is 2.20. The van der Waals surface area contributed by atoms with Crippen molar-refractivity contribution in [1.29, 1.82) is 0 Å². The Hall–Kier alpha value is -2.20. The van der Waals surface area contributed by atoms with E-state index in [1.54, 1.807) is 0 Å². The van der Waals surface area contributed by atoms with E-state index in [2.05, 4.69) is 53.5 Å². The van der Waals surface area contributed by atoms with E-state index >= 15 is 0 Å². The Morgan fingerprint density at radius 2 is 1.71 bits per heavy atom. The van der Waals surface area contributed by atoms with Crippen molar-refractivity contribution in [3.8, 4) is 5.75 Å². The van der Waals surface area contributed by atoms with Crippen LogP contribution in [0.3, 0.4) is 0 Å². The summed E-state index contributed by atoms with van der Waals surface area (Å²) in [4.78, 5) is 2.36. The Kier molecular flexibility index (Phi) is 5.96. The molecule has 0 spiro atoms. The molecule has 1 N–H and O–H groups in total. The van der Waals surface area contributed by atoms with Crippen LogP contribution in [0.25, 0.3) is 0 Å². The topological polar surface area (TPSA) is 33.7 Å². The molecule has 0 aliphatic carbocycles. The summed E-state index contributed by atoms with van der Waals surface area (Å²) in [6.45, 7) is 7.27. The molecule has 1 aliphatic heterocycles. The first-order chi connectivity index (χ1) is 11.8. The van der Waals surface area contributed by atoms with Crippen LogP contribution in [0.1, 0.15) is 18.9 Å². The molecule has 2 aromatic rings. The minimum Gasteiger partial charge on any atom is -0.494 e. The number of hydrogen-bond donors (Lipinski definition) is 1. The molecular formula is C20H26N2O2. The molecule has 0 unspecified atom stereocenters. The molecule has 0 amide bonds. The van der Waals surface area contributed by atoms with Crippen LogP contribution >= 0.6 is 0 Å². The van der Waals surface area contributed by atoms with Gasteiger partial charge in [0.15, 0.2) is 0 Å². The normalized spacial score (nSPS) is 14.5. The van der Waals surface area contributed by atoms with Crippen molar-refractivity contribution in [1.82, 2.24) is 0 Å². The molecule has 3 rings (SSSR count). The second-order valence-electron chi connectivity index (χ2n) is 5.99. The first-order valence-electron chi connectivity index (χ1n) is 8.73. The van der Waals surface area contributed by atoms with E-state index in [-0.39, 0.29) is 0 Å². The van der Waals surface area contributed by atoms with E-state index in [4.69, 9.17) is 9.47 Å². The average Bonchev–Trinajstić information content (AvgIpc) is 2.67. The fourth-order valence-corrected chi connectivity index (χ4v) is 2.74. The SMILES string of the molecule is CCCOc1ccc(CNc2ccc(N3CCOCC3)cc2)cc1. The molecule has 1 heterocycles. The minimum absolute atomic E-state index is 0.771. The van der Waals surface area contributed by atoms with Crippen LogP contribution in [-0.4, -0.2) is 32.9 Å². The van der Waals surface area contributed by atoms with Gasteiger partial charge < -0.3 is 19.7 Å². The molecule has 4 heteroatoms. The van der Waals surface area contributed by atoms with Crippen molar-refractivity contribution >= 4 is 11.4 Å². The zero-order valence-corrected chi connectivity index (χ0v) is 14.3. The van der Waals surface area contributed by atoms with E-state index < -0.39 is 0 Å². The van der Waals surface area contributed by atoms with Crippen molar-refractivity contribution < 1.29 is 9.47 Å². The van der Waals surface area contributed by atoms with Crippen LogP contribution in [0.15, 0.2) is 48.5 Å². The number of nitrogens with zero attached hydrogens (tertiary/aromatic N) is 1. The zero-order valence-electron chi connectivity index (χ0n) is 14.3. The first-order valence-corrected chi connectivity index (χ1v) is 8.73. The number of rotatable bonds is 7. The zero-order chi connectivity index (χ0) is 16.6. The van der Waals surface area contributed by atoms with Crippen LogP contribution in [0.2, 0.25) is 0 Å². The molecule has 1 aliphatic rings. The Labute approximate surface area is 144 Å². The summed E-state index contributed by atoms with van der Waals surface area (Å²) >= 11 is 0. The summed E-state index contributed by atoms with van der Waals surface area (Å²) in [7, 11) is 0. The summed E-state index contributed by atoms with van der Waals surface area (Å²) in [5.74, 6) is 0.940. The van der Waals surface area contributed by atoms with E-state index in [0.29, 0.717) is 0 Å². The molecular weight excluding hydrogens is 300 g/mol. The van der Waals surface area contributed by atoms with Gasteiger partial charge in [0.25, 0.3) is 0 Å². The fourth-order valence-electron chi connectivity index (χ4n) is 2.74. The molecule has 128 valence electrons.